The molecule has 1 aliphatic rings. The van der Waals surface area contributed by atoms with Gasteiger partial charge in [-0.1, -0.05) is 0 Å². The lowest BCUT2D eigenvalue weighted by molar-refractivity contribution is 0.0924. The zero-order chi connectivity index (χ0) is 14.1. The van der Waals surface area contributed by atoms with Gasteiger partial charge in [0, 0.05) is 32.3 Å². The first-order valence-corrected chi connectivity index (χ1v) is 6.71. The predicted octanol–water partition coefficient (Wildman–Crippen LogP) is 0.0448. The van der Waals surface area contributed by atoms with Crippen molar-refractivity contribution in [3.8, 4) is 0 Å². The average Bonchev–Trinajstić information content (AvgIpc) is 2.93. The summed E-state index contributed by atoms with van der Waals surface area (Å²) >= 11 is 0. The van der Waals surface area contributed by atoms with Crippen LogP contribution in [0, 0.1) is 0 Å². The Morgan fingerprint density at radius 3 is 3.10 bits per heavy atom. The van der Waals surface area contributed by atoms with Crippen molar-refractivity contribution >= 4 is 5.91 Å². The number of fused-ring (bicyclic) bond motifs is 1. The number of nitrogens with one attached hydrogen (secondary N) is 2. The Hall–Kier alpha value is -2.31. The van der Waals surface area contributed by atoms with Crippen molar-refractivity contribution in [3.05, 3.63) is 40.3 Å². The van der Waals surface area contributed by atoms with E-state index in [-0.39, 0.29) is 17.6 Å². The Balaban J connectivity index is 1.67. The van der Waals surface area contributed by atoms with Crippen LogP contribution in [0.3, 0.4) is 0 Å². The van der Waals surface area contributed by atoms with Gasteiger partial charge in [0.1, 0.15) is 11.5 Å². The number of rotatable bonds is 2. The highest BCUT2D eigenvalue weighted by Crippen LogP contribution is 2.12. The molecule has 0 saturated carbocycles. The molecule has 0 aromatic carbocycles. The molecule has 0 spiro atoms. The van der Waals surface area contributed by atoms with Crippen LogP contribution in [0.5, 0.6) is 0 Å². The van der Waals surface area contributed by atoms with Gasteiger partial charge in [0.2, 0.25) is 0 Å². The van der Waals surface area contributed by atoms with Gasteiger partial charge in [0.15, 0.2) is 0 Å². The van der Waals surface area contributed by atoms with Gasteiger partial charge in [0.05, 0.1) is 0 Å². The van der Waals surface area contributed by atoms with E-state index < -0.39 is 0 Å². The standard InChI is InChI=1S/C13H17N5O2/c1-17-7-2-3-10(17)12(19)14-9-4-5-11-15-16-13(20)18(11)8-6-9/h2-3,7,9H,4-6,8H2,1H3,(H,14,19)(H,16,20). The van der Waals surface area contributed by atoms with Crippen LogP contribution in [-0.4, -0.2) is 31.3 Å². The fraction of sp³-hybridized carbons (Fsp3) is 0.462. The first kappa shape index (κ1) is 12.7. The van der Waals surface area contributed by atoms with E-state index in [2.05, 4.69) is 15.5 Å². The fourth-order valence-electron chi connectivity index (χ4n) is 2.61. The Kier molecular flexibility index (Phi) is 3.17. The van der Waals surface area contributed by atoms with Crippen LogP contribution >= 0.6 is 0 Å². The van der Waals surface area contributed by atoms with Crippen LogP contribution < -0.4 is 11.0 Å². The van der Waals surface area contributed by atoms with Gasteiger partial charge in [-0.3, -0.25) is 9.36 Å². The van der Waals surface area contributed by atoms with E-state index in [4.69, 9.17) is 0 Å². The fourth-order valence-corrected chi connectivity index (χ4v) is 2.61. The molecule has 3 heterocycles. The number of hydrogen-bond donors (Lipinski definition) is 2. The number of amides is 1. The highest BCUT2D eigenvalue weighted by Gasteiger charge is 2.21. The quantitative estimate of drug-likeness (QED) is 0.812. The maximum absolute atomic E-state index is 12.2. The second-order valence-corrected chi connectivity index (χ2v) is 5.10. The minimum absolute atomic E-state index is 0.0681. The summed E-state index contributed by atoms with van der Waals surface area (Å²) in [5.74, 6) is 0.696. The highest BCUT2D eigenvalue weighted by atomic mass is 16.2. The molecular weight excluding hydrogens is 258 g/mol. The minimum atomic E-state index is -0.172. The molecule has 7 heteroatoms. The van der Waals surface area contributed by atoms with Gasteiger partial charge in [-0.25, -0.2) is 9.89 Å². The SMILES string of the molecule is Cn1cccc1C(=O)NC1CCc2n[nH]c(=O)n2CC1. The summed E-state index contributed by atoms with van der Waals surface area (Å²) in [5, 5.41) is 9.49. The van der Waals surface area contributed by atoms with E-state index in [0.717, 1.165) is 18.7 Å². The lowest BCUT2D eigenvalue weighted by Gasteiger charge is -2.16. The van der Waals surface area contributed by atoms with E-state index in [1.165, 1.54) is 0 Å². The second-order valence-electron chi connectivity index (χ2n) is 5.10. The van der Waals surface area contributed by atoms with Crippen molar-refractivity contribution < 1.29 is 4.79 Å². The molecule has 0 radical (unpaired) electrons. The number of aromatic amines is 1. The molecule has 1 atom stereocenters. The normalized spacial score (nSPS) is 18.4. The van der Waals surface area contributed by atoms with E-state index in [1.807, 2.05) is 19.3 Å². The second kappa shape index (κ2) is 4.99. The largest absolute Gasteiger partial charge is 0.348 e. The smallest absolute Gasteiger partial charge is 0.343 e. The number of nitrogens with zero attached hydrogens (tertiary/aromatic N) is 3. The van der Waals surface area contributed by atoms with Crippen LogP contribution in [0.25, 0.3) is 0 Å². The van der Waals surface area contributed by atoms with Crippen LogP contribution in [-0.2, 0) is 20.0 Å². The van der Waals surface area contributed by atoms with Gasteiger partial charge in [-0.15, -0.1) is 0 Å². The third-order valence-electron chi connectivity index (χ3n) is 3.77. The van der Waals surface area contributed by atoms with Crippen LogP contribution in [0.2, 0.25) is 0 Å². The topological polar surface area (TPSA) is 84.7 Å². The maximum Gasteiger partial charge on any atom is 0.343 e. The first-order chi connectivity index (χ1) is 9.65. The minimum Gasteiger partial charge on any atom is -0.348 e. The molecule has 1 aliphatic heterocycles. The summed E-state index contributed by atoms with van der Waals surface area (Å²) in [6.07, 6.45) is 4.07. The third-order valence-corrected chi connectivity index (χ3v) is 3.77. The number of H-pyrrole nitrogens is 1. The van der Waals surface area contributed by atoms with Crippen LogP contribution in [0.4, 0.5) is 0 Å². The Bertz CT molecular complexity index is 681. The summed E-state index contributed by atoms with van der Waals surface area (Å²) in [6.45, 7) is 0.586. The van der Waals surface area contributed by atoms with Crippen molar-refractivity contribution in [2.24, 2.45) is 7.05 Å². The van der Waals surface area contributed by atoms with Gasteiger partial charge >= 0.3 is 5.69 Å². The molecule has 20 heavy (non-hydrogen) atoms. The zero-order valence-corrected chi connectivity index (χ0v) is 11.3. The van der Waals surface area contributed by atoms with Crippen molar-refractivity contribution in [2.45, 2.75) is 31.8 Å². The predicted molar refractivity (Wildman–Crippen MR) is 72.5 cm³/mol. The summed E-state index contributed by atoms with van der Waals surface area (Å²) in [7, 11) is 1.84. The molecule has 2 aromatic rings. The van der Waals surface area contributed by atoms with Crippen molar-refractivity contribution in [2.75, 3.05) is 0 Å². The van der Waals surface area contributed by atoms with E-state index in [0.29, 0.717) is 18.7 Å². The zero-order valence-electron chi connectivity index (χ0n) is 11.3. The number of hydrogen-bond acceptors (Lipinski definition) is 3. The number of aryl methyl sites for hydroxylation is 2. The summed E-state index contributed by atoms with van der Waals surface area (Å²) in [5.41, 5.74) is 0.472. The Morgan fingerprint density at radius 2 is 2.35 bits per heavy atom. The average molecular weight is 275 g/mol. The third kappa shape index (κ3) is 2.26. The van der Waals surface area contributed by atoms with Gasteiger partial charge in [0.25, 0.3) is 5.91 Å². The lowest BCUT2D eigenvalue weighted by atomic mass is 10.1. The molecule has 0 saturated heterocycles. The number of carbonyl (C=O) groups is 1. The van der Waals surface area contributed by atoms with Crippen LogP contribution in [0.15, 0.2) is 23.1 Å². The van der Waals surface area contributed by atoms with Crippen molar-refractivity contribution in [1.82, 2.24) is 24.6 Å². The Labute approximate surface area is 115 Å². The molecule has 0 bridgehead atoms. The Morgan fingerprint density at radius 1 is 1.50 bits per heavy atom. The highest BCUT2D eigenvalue weighted by molar-refractivity contribution is 5.92. The number of carbonyl (C=O) groups excluding carboxylic acids is 1. The molecule has 2 aromatic heterocycles. The summed E-state index contributed by atoms with van der Waals surface area (Å²) in [4.78, 5) is 23.7. The van der Waals surface area contributed by atoms with E-state index in [1.54, 1.807) is 15.2 Å². The molecule has 2 N–H and O–H groups in total. The summed E-state index contributed by atoms with van der Waals surface area (Å²) in [6, 6.07) is 3.71. The van der Waals surface area contributed by atoms with E-state index in [9.17, 15) is 9.59 Å². The molecular formula is C13H17N5O2. The molecule has 1 amide bonds. The molecule has 0 fully saturated rings. The van der Waals surface area contributed by atoms with Gasteiger partial charge in [-0.05, 0) is 25.0 Å². The molecule has 3 rings (SSSR count). The molecule has 7 nitrogen and oxygen atoms in total. The lowest BCUT2D eigenvalue weighted by Crippen LogP contribution is -2.36. The van der Waals surface area contributed by atoms with Crippen molar-refractivity contribution in [3.63, 3.8) is 0 Å². The summed E-state index contributed by atoms with van der Waals surface area (Å²) < 4.78 is 3.44. The monoisotopic (exact) mass is 275 g/mol. The first-order valence-electron chi connectivity index (χ1n) is 6.71. The van der Waals surface area contributed by atoms with Gasteiger partial charge in [-0.2, -0.15) is 5.10 Å². The molecule has 106 valence electrons. The van der Waals surface area contributed by atoms with Gasteiger partial charge < -0.3 is 9.88 Å². The van der Waals surface area contributed by atoms with Crippen LogP contribution in [0.1, 0.15) is 29.2 Å². The number of aromatic nitrogens is 4. The molecule has 1 unspecified atom stereocenters. The van der Waals surface area contributed by atoms with E-state index >= 15 is 0 Å². The molecule has 0 aliphatic carbocycles. The maximum atomic E-state index is 12.2. The van der Waals surface area contributed by atoms with Crippen molar-refractivity contribution in [1.29, 1.82) is 0 Å².